The molecule has 0 aromatic heterocycles. The molecule has 1 N–H and O–H groups in total. The lowest BCUT2D eigenvalue weighted by atomic mass is 10.2. The summed E-state index contributed by atoms with van der Waals surface area (Å²) in [6.45, 7) is 4.80. The van der Waals surface area contributed by atoms with Crippen molar-refractivity contribution in [1.29, 1.82) is 0 Å². The van der Waals surface area contributed by atoms with E-state index in [1.54, 1.807) is 24.9 Å². The van der Waals surface area contributed by atoms with Gasteiger partial charge in [-0.3, -0.25) is 4.79 Å². The Morgan fingerprint density at radius 2 is 2.22 bits per heavy atom. The number of halogens is 2. The molecule has 3 nitrogen and oxygen atoms in total. The van der Waals surface area contributed by atoms with Gasteiger partial charge >= 0.3 is 0 Å². The number of nitrogens with zero attached hydrogens (tertiary/aromatic N) is 1. The first-order chi connectivity index (χ1) is 8.45. The summed E-state index contributed by atoms with van der Waals surface area (Å²) in [5.41, 5.74) is 0.760. The molecule has 1 aromatic rings. The Morgan fingerprint density at radius 1 is 1.56 bits per heavy atom. The van der Waals surface area contributed by atoms with E-state index in [2.05, 4.69) is 5.32 Å². The van der Waals surface area contributed by atoms with Gasteiger partial charge in [-0.25, -0.2) is 4.39 Å². The number of carbonyl (C=O) groups excluding carboxylic acids is 1. The molecule has 1 rings (SSSR count). The Kier molecular flexibility index (Phi) is 5.56. The summed E-state index contributed by atoms with van der Waals surface area (Å²) in [6.07, 6.45) is 0. The highest BCUT2D eigenvalue weighted by Gasteiger charge is 2.15. The van der Waals surface area contributed by atoms with Crippen LogP contribution in [-0.4, -0.2) is 30.4 Å². The van der Waals surface area contributed by atoms with Crippen molar-refractivity contribution in [2.75, 3.05) is 13.6 Å². The third-order valence-electron chi connectivity index (χ3n) is 2.82. The fourth-order valence-electron chi connectivity index (χ4n) is 1.49. The summed E-state index contributed by atoms with van der Waals surface area (Å²) < 4.78 is 13.2. The zero-order valence-corrected chi connectivity index (χ0v) is 11.6. The number of amides is 1. The molecule has 0 aliphatic carbocycles. The first-order valence-electron chi connectivity index (χ1n) is 5.88. The second kappa shape index (κ2) is 6.71. The lowest BCUT2D eigenvalue weighted by Gasteiger charge is -2.20. The molecule has 0 aliphatic rings. The number of rotatable bonds is 5. The van der Waals surface area contributed by atoms with E-state index in [0.29, 0.717) is 13.1 Å². The summed E-state index contributed by atoms with van der Waals surface area (Å²) in [4.78, 5) is 13.4. The van der Waals surface area contributed by atoms with E-state index in [9.17, 15) is 9.18 Å². The Balaban J connectivity index is 2.54. The number of benzene rings is 1. The van der Waals surface area contributed by atoms with E-state index in [0.717, 1.165) is 5.56 Å². The first-order valence-corrected chi connectivity index (χ1v) is 6.25. The molecular weight excluding hydrogens is 255 g/mol. The largest absolute Gasteiger partial charge is 0.345 e. The molecule has 0 bridgehead atoms. The molecule has 0 saturated carbocycles. The lowest BCUT2D eigenvalue weighted by Crippen LogP contribution is -2.42. The molecule has 1 aromatic carbocycles. The molecule has 0 spiro atoms. The number of carbonyl (C=O) groups is 1. The zero-order chi connectivity index (χ0) is 13.7. The molecule has 100 valence electrons. The van der Waals surface area contributed by atoms with E-state index in [1.807, 2.05) is 6.92 Å². The number of hydrogen-bond acceptors (Lipinski definition) is 2. The van der Waals surface area contributed by atoms with Crippen LogP contribution in [0.3, 0.4) is 0 Å². The summed E-state index contributed by atoms with van der Waals surface area (Å²) in [5.74, 6) is -0.424. The van der Waals surface area contributed by atoms with Gasteiger partial charge in [0, 0.05) is 20.1 Å². The van der Waals surface area contributed by atoms with Crippen LogP contribution in [0.25, 0.3) is 0 Å². The SMILES string of the molecule is CCN(C)C(=O)C(C)NCc1ccc(Cl)c(F)c1. The van der Waals surface area contributed by atoms with Crippen molar-refractivity contribution >= 4 is 17.5 Å². The Bertz CT molecular complexity index is 425. The molecule has 0 fully saturated rings. The van der Waals surface area contributed by atoms with Crippen LogP contribution in [-0.2, 0) is 11.3 Å². The average Bonchev–Trinajstić information content (AvgIpc) is 2.37. The van der Waals surface area contributed by atoms with Crippen molar-refractivity contribution < 1.29 is 9.18 Å². The predicted octanol–water partition coefficient (Wildman–Crippen LogP) is 2.44. The highest BCUT2D eigenvalue weighted by Crippen LogP contribution is 2.15. The van der Waals surface area contributed by atoms with Gasteiger partial charge in [0.1, 0.15) is 5.82 Å². The number of nitrogens with one attached hydrogen (secondary N) is 1. The van der Waals surface area contributed by atoms with Crippen molar-refractivity contribution in [3.05, 3.63) is 34.6 Å². The first kappa shape index (κ1) is 14.9. The van der Waals surface area contributed by atoms with Gasteiger partial charge < -0.3 is 10.2 Å². The zero-order valence-electron chi connectivity index (χ0n) is 10.8. The van der Waals surface area contributed by atoms with Crippen LogP contribution in [0.15, 0.2) is 18.2 Å². The highest BCUT2D eigenvalue weighted by atomic mass is 35.5. The summed E-state index contributed by atoms with van der Waals surface area (Å²) >= 11 is 5.60. The van der Waals surface area contributed by atoms with Gasteiger partial charge in [-0.1, -0.05) is 17.7 Å². The van der Waals surface area contributed by atoms with Gasteiger partial charge in [0.25, 0.3) is 0 Å². The van der Waals surface area contributed by atoms with Crippen LogP contribution >= 0.6 is 11.6 Å². The number of hydrogen-bond donors (Lipinski definition) is 1. The average molecular weight is 273 g/mol. The van der Waals surface area contributed by atoms with Crippen LogP contribution in [0.4, 0.5) is 4.39 Å². The predicted molar refractivity (Wildman–Crippen MR) is 71.0 cm³/mol. The maximum absolute atomic E-state index is 13.2. The van der Waals surface area contributed by atoms with Crippen LogP contribution in [0.1, 0.15) is 19.4 Å². The minimum absolute atomic E-state index is 0.0203. The lowest BCUT2D eigenvalue weighted by molar-refractivity contribution is -0.131. The third-order valence-corrected chi connectivity index (χ3v) is 3.12. The molecule has 0 aliphatic heterocycles. The Hall–Kier alpha value is -1.13. The van der Waals surface area contributed by atoms with Crippen molar-refractivity contribution in [1.82, 2.24) is 10.2 Å². The molecule has 0 saturated heterocycles. The molecule has 0 radical (unpaired) electrons. The molecule has 18 heavy (non-hydrogen) atoms. The van der Waals surface area contributed by atoms with Gasteiger partial charge in [0.05, 0.1) is 11.1 Å². The molecule has 1 atom stereocenters. The standard InChI is InChI=1S/C13H18ClFN2O/c1-4-17(3)13(18)9(2)16-8-10-5-6-11(14)12(15)7-10/h5-7,9,16H,4,8H2,1-3H3. The fourth-order valence-corrected chi connectivity index (χ4v) is 1.61. The topological polar surface area (TPSA) is 32.3 Å². The van der Waals surface area contributed by atoms with Gasteiger partial charge in [-0.15, -0.1) is 0 Å². The summed E-state index contributed by atoms with van der Waals surface area (Å²) in [6, 6.07) is 4.32. The maximum Gasteiger partial charge on any atom is 0.239 e. The quantitative estimate of drug-likeness (QED) is 0.893. The monoisotopic (exact) mass is 272 g/mol. The van der Waals surface area contributed by atoms with Crippen LogP contribution in [0, 0.1) is 5.82 Å². The van der Waals surface area contributed by atoms with E-state index >= 15 is 0 Å². The van der Waals surface area contributed by atoms with Gasteiger partial charge in [-0.2, -0.15) is 0 Å². The highest BCUT2D eigenvalue weighted by molar-refractivity contribution is 6.30. The third kappa shape index (κ3) is 3.96. The minimum atomic E-state index is -0.444. The Morgan fingerprint density at radius 3 is 2.78 bits per heavy atom. The van der Waals surface area contributed by atoms with Crippen LogP contribution in [0.2, 0.25) is 5.02 Å². The Labute approximate surface area is 112 Å². The minimum Gasteiger partial charge on any atom is -0.345 e. The summed E-state index contributed by atoms with van der Waals surface area (Å²) in [7, 11) is 1.75. The van der Waals surface area contributed by atoms with Crippen molar-refractivity contribution in [2.45, 2.75) is 26.4 Å². The van der Waals surface area contributed by atoms with Gasteiger partial charge in [0.15, 0.2) is 0 Å². The van der Waals surface area contributed by atoms with E-state index in [1.165, 1.54) is 12.1 Å². The molecule has 5 heteroatoms. The van der Waals surface area contributed by atoms with E-state index < -0.39 is 5.82 Å². The van der Waals surface area contributed by atoms with Crippen molar-refractivity contribution in [3.63, 3.8) is 0 Å². The molecule has 1 amide bonds. The van der Waals surface area contributed by atoms with Crippen LogP contribution < -0.4 is 5.32 Å². The van der Waals surface area contributed by atoms with Crippen molar-refractivity contribution in [3.8, 4) is 0 Å². The smallest absolute Gasteiger partial charge is 0.239 e. The molecule has 0 heterocycles. The van der Waals surface area contributed by atoms with Gasteiger partial charge in [-0.05, 0) is 31.5 Å². The van der Waals surface area contributed by atoms with E-state index in [-0.39, 0.29) is 17.0 Å². The fraction of sp³-hybridized carbons (Fsp3) is 0.462. The number of likely N-dealkylation sites (N-methyl/N-ethyl adjacent to an activating group) is 1. The van der Waals surface area contributed by atoms with Gasteiger partial charge in [0.2, 0.25) is 5.91 Å². The second-order valence-electron chi connectivity index (χ2n) is 4.20. The van der Waals surface area contributed by atoms with Crippen LogP contribution in [0.5, 0.6) is 0 Å². The maximum atomic E-state index is 13.2. The van der Waals surface area contributed by atoms with Crippen molar-refractivity contribution in [2.24, 2.45) is 0 Å². The van der Waals surface area contributed by atoms with E-state index in [4.69, 9.17) is 11.6 Å². The normalized spacial score (nSPS) is 12.3. The summed E-state index contributed by atoms with van der Waals surface area (Å²) in [5, 5.41) is 3.16. The molecule has 1 unspecified atom stereocenters. The molecular formula is C13H18ClFN2O. The second-order valence-corrected chi connectivity index (χ2v) is 4.61.